The molecule has 2 aliphatic rings. The third-order valence-electron chi connectivity index (χ3n) is 10.9. The molecule has 2 heterocycles. The fourth-order valence-electron chi connectivity index (χ4n) is 7.67. The Morgan fingerprint density at radius 3 is 1.55 bits per heavy atom. The van der Waals surface area contributed by atoms with Gasteiger partial charge in [-0.15, -0.1) is 6.58 Å². The van der Waals surface area contributed by atoms with Crippen LogP contribution in [-0.4, -0.2) is 86.2 Å². The normalized spacial score (nSPS) is 26.1. The Morgan fingerprint density at radius 1 is 0.565 bits per heavy atom. The summed E-state index contributed by atoms with van der Waals surface area (Å²) in [5.41, 5.74) is 4.21. The summed E-state index contributed by atoms with van der Waals surface area (Å²) in [4.78, 5) is 13.8. The Balaban J connectivity index is 1.22. The summed E-state index contributed by atoms with van der Waals surface area (Å²) in [6.07, 6.45) is -6.51. The summed E-state index contributed by atoms with van der Waals surface area (Å²) >= 11 is 0. The minimum Gasteiger partial charge on any atom is -0.450 e. The molecule has 2 fully saturated rings. The molecule has 0 radical (unpaired) electrons. The second-order valence-electron chi connectivity index (χ2n) is 15.4. The maximum absolute atomic E-state index is 13.8. The van der Waals surface area contributed by atoms with E-state index < -0.39 is 73.8 Å². The summed E-state index contributed by atoms with van der Waals surface area (Å²) in [6, 6.07) is 48.1. The van der Waals surface area contributed by atoms with Gasteiger partial charge in [0.15, 0.2) is 18.7 Å². The van der Waals surface area contributed by atoms with Gasteiger partial charge in [-0.25, -0.2) is 4.79 Å². The van der Waals surface area contributed by atoms with E-state index in [0.29, 0.717) is 25.4 Å². The minimum absolute atomic E-state index is 0.0807. The molecule has 5 aromatic rings. The largest absolute Gasteiger partial charge is 0.450 e. The highest BCUT2D eigenvalue weighted by Gasteiger charge is 2.54. The maximum Gasteiger partial charge on any atom is 0.338 e. The van der Waals surface area contributed by atoms with Crippen LogP contribution in [0.25, 0.3) is 0 Å². The molecule has 11 heteroatoms. The van der Waals surface area contributed by atoms with E-state index in [1.54, 1.807) is 30.3 Å². The van der Waals surface area contributed by atoms with Gasteiger partial charge in [0.25, 0.3) is 0 Å². The van der Waals surface area contributed by atoms with Crippen LogP contribution in [0.3, 0.4) is 0 Å². The van der Waals surface area contributed by atoms with Crippen molar-refractivity contribution in [1.82, 2.24) is 0 Å². The number of rotatable bonds is 21. The van der Waals surface area contributed by atoms with Crippen LogP contribution in [0.5, 0.6) is 0 Å². The van der Waals surface area contributed by atoms with E-state index in [0.717, 1.165) is 22.3 Å². The SMILES string of the molecule is C=CCOC1OC(CO)C(OC2OC(COCc3ccccc3)C(OCc3ccccc3)C(OCc3ccccc3)C2C)C(OCc2ccccc2)C1OC(=O)c1ccccc1. The first-order valence-corrected chi connectivity index (χ1v) is 21.1. The number of hydrogen-bond donors (Lipinski definition) is 1. The Bertz CT molecular complexity index is 2040. The highest BCUT2D eigenvalue weighted by molar-refractivity contribution is 5.89. The number of esters is 1. The number of aliphatic hydroxyl groups excluding tert-OH is 1. The zero-order valence-corrected chi connectivity index (χ0v) is 35.0. The zero-order valence-electron chi connectivity index (χ0n) is 35.0. The average Bonchev–Trinajstić information content (AvgIpc) is 3.32. The van der Waals surface area contributed by atoms with Crippen LogP contribution in [0.4, 0.5) is 0 Å². The molecule has 326 valence electrons. The van der Waals surface area contributed by atoms with Crippen LogP contribution in [-0.2, 0) is 69.1 Å². The molecule has 10 atom stereocenters. The van der Waals surface area contributed by atoms with Crippen LogP contribution in [0.2, 0.25) is 0 Å². The van der Waals surface area contributed by atoms with E-state index in [9.17, 15) is 9.90 Å². The Labute approximate surface area is 364 Å². The van der Waals surface area contributed by atoms with E-state index in [2.05, 4.69) is 6.58 Å². The summed E-state index contributed by atoms with van der Waals surface area (Å²) in [5.74, 6) is -1.05. The van der Waals surface area contributed by atoms with Crippen molar-refractivity contribution >= 4 is 5.97 Å². The van der Waals surface area contributed by atoms with E-state index in [1.807, 2.05) is 134 Å². The number of carbonyl (C=O) groups is 1. The Hall–Kier alpha value is -5.05. The number of ether oxygens (including phenoxy) is 9. The molecule has 0 aromatic heterocycles. The fraction of sp³-hybridized carbons (Fsp3) is 0.353. The highest BCUT2D eigenvalue weighted by atomic mass is 16.8. The van der Waals surface area contributed by atoms with Crippen LogP contribution in [0, 0.1) is 5.92 Å². The molecule has 11 nitrogen and oxygen atoms in total. The van der Waals surface area contributed by atoms with Crippen molar-refractivity contribution in [1.29, 1.82) is 0 Å². The maximum atomic E-state index is 13.8. The van der Waals surface area contributed by atoms with Crippen molar-refractivity contribution in [3.8, 4) is 0 Å². The second-order valence-corrected chi connectivity index (χ2v) is 15.4. The third kappa shape index (κ3) is 12.3. The Morgan fingerprint density at radius 2 is 1.03 bits per heavy atom. The summed E-state index contributed by atoms with van der Waals surface area (Å²) < 4.78 is 59.2. The predicted octanol–water partition coefficient (Wildman–Crippen LogP) is 7.85. The zero-order chi connectivity index (χ0) is 42.9. The lowest BCUT2D eigenvalue weighted by molar-refractivity contribution is -0.360. The first-order valence-electron chi connectivity index (χ1n) is 21.1. The lowest BCUT2D eigenvalue weighted by Crippen LogP contribution is -2.65. The minimum atomic E-state index is -1.14. The van der Waals surface area contributed by atoms with Gasteiger partial charge in [0.1, 0.15) is 30.5 Å². The molecule has 5 aromatic carbocycles. The topological polar surface area (TPSA) is 120 Å². The quantitative estimate of drug-likeness (QED) is 0.0575. The van der Waals surface area contributed by atoms with Crippen molar-refractivity contribution in [3.05, 3.63) is 192 Å². The molecule has 7 rings (SSSR count). The standard InChI is InChI=1S/C51H56O11/c1-3-29-55-51-48(61-49(53)41-27-17-8-18-28-41)47(58-34-40-25-15-7-16-26-40)46(42(30-52)59-51)62-50-36(2)44(56-32-38-21-11-5-12-22-38)45(57-33-39-23-13-6-14-24-39)43(60-50)35-54-31-37-19-9-4-10-20-37/h3-28,36,42-48,50-52H,1,29-35H2,2H3. The molecule has 0 spiro atoms. The van der Waals surface area contributed by atoms with Gasteiger partial charge in [-0.2, -0.15) is 0 Å². The van der Waals surface area contributed by atoms with Crippen molar-refractivity contribution in [2.45, 2.75) is 88.7 Å². The second kappa shape index (κ2) is 23.4. The molecule has 0 aliphatic carbocycles. The van der Waals surface area contributed by atoms with Crippen LogP contribution >= 0.6 is 0 Å². The molecule has 2 saturated heterocycles. The molecular formula is C51H56O11. The number of carbonyl (C=O) groups excluding carboxylic acids is 1. The predicted molar refractivity (Wildman–Crippen MR) is 231 cm³/mol. The van der Waals surface area contributed by atoms with Gasteiger partial charge in [0.2, 0.25) is 0 Å². The van der Waals surface area contributed by atoms with E-state index in [-0.39, 0.29) is 19.8 Å². The van der Waals surface area contributed by atoms with Gasteiger partial charge < -0.3 is 47.7 Å². The van der Waals surface area contributed by atoms with Crippen LogP contribution < -0.4 is 0 Å². The van der Waals surface area contributed by atoms with Crippen LogP contribution in [0.1, 0.15) is 39.5 Å². The smallest absolute Gasteiger partial charge is 0.338 e. The monoisotopic (exact) mass is 844 g/mol. The van der Waals surface area contributed by atoms with E-state index in [1.165, 1.54) is 0 Å². The van der Waals surface area contributed by atoms with Gasteiger partial charge >= 0.3 is 5.97 Å². The van der Waals surface area contributed by atoms with Gasteiger partial charge in [0.05, 0.1) is 57.9 Å². The Kier molecular flexibility index (Phi) is 17.0. The van der Waals surface area contributed by atoms with Crippen molar-refractivity contribution in [2.75, 3.05) is 19.8 Å². The number of benzene rings is 5. The van der Waals surface area contributed by atoms with Crippen molar-refractivity contribution in [2.24, 2.45) is 5.92 Å². The van der Waals surface area contributed by atoms with Gasteiger partial charge in [-0.1, -0.05) is 153 Å². The number of hydrogen-bond acceptors (Lipinski definition) is 11. The molecule has 10 unspecified atom stereocenters. The molecule has 2 aliphatic heterocycles. The summed E-state index contributed by atoms with van der Waals surface area (Å²) in [5, 5.41) is 11.0. The number of aliphatic hydroxyl groups is 1. The average molecular weight is 845 g/mol. The molecule has 0 amide bonds. The highest BCUT2D eigenvalue weighted by Crippen LogP contribution is 2.37. The molecule has 0 bridgehead atoms. The molecular weight excluding hydrogens is 789 g/mol. The summed E-state index contributed by atoms with van der Waals surface area (Å²) in [6.45, 7) is 6.64. The van der Waals surface area contributed by atoms with Gasteiger partial charge in [0, 0.05) is 5.92 Å². The first kappa shape index (κ1) is 45.0. The lowest BCUT2D eigenvalue weighted by Gasteiger charge is -2.49. The van der Waals surface area contributed by atoms with Gasteiger partial charge in [-0.05, 0) is 34.4 Å². The summed E-state index contributed by atoms with van der Waals surface area (Å²) in [7, 11) is 0. The van der Waals surface area contributed by atoms with E-state index >= 15 is 0 Å². The van der Waals surface area contributed by atoms with Crippen LogP contribution in [0.15, 0.2) is 164 Å². The van der Waals surface area contributed by atoms with Gasteiger partial charge in [-0.3, -0.25) is 0 Å². The van der Waals surface area contributed by atoms with Crippen molar-refractivity contribution in [3.63, 3.8) is 0 Å². The lowest BCUT2D eigenvalue weighted by atomic mass is 9.91. The first-order chi connectivity index (χ1) is 30.5. The molecule has 1 N–H and O–H groups in total. The van der Waals surface area contributed by atoms with Crippen molar-refractivity contribution < 1.29 is 52.5 Å². The van der Waals surface area contributed by atoms with E-state index in [4.69, 9.17) is 42.6 Å². The molecule has 0 saturated carbocycles. The molecule has 62 heavy (non-hydrogen) atoms. The fourth-order valence-corrected chi connectivity index (χ4v) is 7.67. The third-order valence-corrected chi connectivity index (χ3v) is 10.9.